The molecule has 1 aromatic carbocycles. The van der Waals surface area contributed by atoms with E-state index in [4.69, 9.17) is 11.6 Å². The number of halogens is 1. The van der Waals surface area contributed by atoms with Crippen molar-refractivity contribution in [2.24, 2.45) is 0 Å². The fourth-order valence-corrected chi connectivity index (χ4v) is 3.02. The zero-order valence-electron chi connectivity index (χ0n) is 16.1. The highest BCUT2D eigenvalue weighted by molar-refractivity contribution is 6.34. The summed E-state index contributed by atoms with van der Waals surface area (Å²) >= 11 is 6.24. The number of hydrogen-bond donors (Lipinski definition) is 2. The van der Waals surface area contributed by atoms with Crippen molar-refractivity contribution in [3.63, 3.8) is 0 Å². The van der Waals surface area contributed by atoms with Gasteiger partial charge in [-0.25, -0.2) is 0 Å². The summed E-state index contributed by atoms with van der Waals surface area (Å²) in [5.74, 6) is -0.638. The van der Waals surface area contributed by atoms with Crippen LogP contribution in [0.25, 0.3) is 0 Å². The summed E-state index contributed by atoms with van der Waals surface area (Å²) in [7, 11) is 3.97. The van der Waals surface area contributed by atoms with Crippen LogP contribution in [-0.4, -0.2) is 48.9 Å². The van der Waals surface area contributed by atoms with E-state index >= 15 is 0 Å². The molecule has 6 nitrogen and oxygen atoms in total. The number of aryl methyl sites for hydroxylation is 2. The van der Waals surface area contributed by atoms with Gasteiger partial charge in [-0.05, 0) is 70.2 Å². The lowest BCUT2D eigenvalue weighted by atomic mass is 10.1. The number of pyridine rings is 1. The third-order valence-corrected chi connectivity index (χ3v) is 4.29. The molecule has 0 spiro atoms. The Balaban J connectivity index is 2.06. The first kappa shape index (κ1) is 20.9. The minimum absolute atomic E-state index is 0.159. The molecule has 7 heteroatoms. The Hall–Kier alpha value is -2.44. The summed E-state index contributed by atoms with van der Waals surface area (Å²) in [5.41, 5.74) is 2.98. The Kier molecular flexibility index (Phi) is 7.33. The van der Waals surface area contributed by atoms with Gasteiger partial charge in [0.25, 0.3) is 11.8 Å². The molecule has 0 unspecified atom stereocenters. The van der Waals surface area contributed by atoms with Crippen LogP contribution in [0.3, 0.4) is 0 Å². The van der Waals surface area contributed by atoms with E-state index in [-0.39, 0.29) is 11.6 Å². The van der Waals surface area contributed by atoms with Crippen LogP contribution in [0.1, 0.15) is 38.4 Å². The molecule has 2 amide bonds. The van der Waals surface area contributed by atoms with Crippen LogP contribution in [0.15, 0.2) is 30.5 Å². The van der Waals surface area contributed by atoms with Crippen molar-refractivity contribution >= 4 is 29.1 Å². The Bertz CT molecular complexity index is 813. The standard InChI is InChI=1S/C20H25ClN4O2/c1-13-10-14(2)18(16(21)11-13)24-20(27)17-12-15(6-8-22-17)19(26)23-7-5-9-25(3)4/h6,8,10-12H,5,7,9H2,1-4H3,(H,23,26)(H,24,27). The summed E-state index contributed by atoms with van der Waals surface area (Å²) < 4.78 is 0. The largest absolute Gasteiger partial charge is 0.352 e. The molecule has 2 N–H and O–H groups in total. The average Bonchev–Trinajstić information content (AvgIpc) is 2.61. The minimum Gasteiger partial charge on any atom is -0.352 e. The number of rotatable bonds is 7. The third-order valence-electron chi connectivity index (χ3n) is 3.99. The van der Waals surface area contributed by atoms with Crippen molar-refractivity contribution in [2.45, 2.75) is 20.3 Å². The first-order valence-electron chi connectivity index (χ1n) is 8.75. The van der Waals surface area contributed by atoms with Crippen molar-refractivity contribution in [3.05, 3.63) is 57.9 Å². The zero-order valence-corrected chi connectivity index (χ0v) is 16.9. The number of benzene rings is 1. The van der Waals surface area contributed by atoms with Gasteiger partial charge in [-0.15, -0.1) is 0 Å². The molecule has 0 saturated heterocycles. The van der Waals surface area contributed by atoms with Crippen LogP contribution in [0.4, 0.5) is 5.69 Å². The number of amides is 2. The van der Waals surface area contributed by atoms with Crippen molar-refractivity contribution < 1.29 is 9.59 Å². The lowest BCUT2D eigenvalue weighted by Gasteiger charge is -2.12. The number of anilines is 1. The summed E-state index contributed by atoms with van der Waals surface area (Å²) in [6.07, 6.45) is 2.30. The van der Waals surface area contributed by atoms with Gasteiger partial charge in [0.15, 0.2) is 0 Å². The lowest BCUT2D eigenvalue weighted by molar-refractivity contribution is 0.0952. The molecular formula is C20H25ClN4O2. The summed E-state index contributed by atoms with van der Waals surface area (Å²) in [6, 6.07) is 6.79. The van der Waals surface area contributed by atoms with Crippen LogP contribution in [0.5, 0.6) is 0 Å². The van der Waals surface area contributed by atoms with E-state index in [0.29, 0.717) is 22.8 Å². The first-order chi connectivity index (χ1) is 12.8. The van der Waals surface area contributed by atoms with Gasteiger partial charge in [0.2, 0.25) is 0 Å². The van der Waals surface area contributed by atoms with E-state index in [1.165, 1.54) is 12.3 Å². The SMILES string of the molecule is Cc1cc(C)c(NC(=O)c2cc(C(=O)NCCCN(C)C)ccn2)c(Cl)c1. The number of aromatic nitrogens is 1. The molecule has 144 valence electrons. The number of nitrogens with one attached hydrogen (secondary N) is 2. The third kappa shape index (κ3) is 6.05. The molecule has 0 aliphatic heterocycles. The highest BCUT2D eigenvalue weighted by Gasteiger charge is 2.14. The molecule has 1 heterocycles. The van der Waals surface area contributed by atoms with E-state index in [0.717, 1.165) is 24.1 Å². The van der Waals surface area contributed by atoms with Gasteiger partial charge in [0, 0.05) is 18.3 Å². The highest BCUT2D eigenvalue weighted by Crippen LogP contribution is 2.27. The molecule has 0 bridgehead atoms. The van der Waals surface area contributed by atoms with Crippen molar-refractivity contribution in [1.29, 1.82) is 0 Å². The molecule has 2 aromatic rings. The number of nitrogens with zero attached hydrogens (tertiary/aromatic N) is 2. The van der Waals surface area contributed by atoms with Gasteiger partial charge < -0.3 is 15.5 Å². The minimum atomic E-state index is -0.411. The lowest BCUT2D eigenvalue weighted by Crippen LogP contribution is -2.27. The van der Waals surface area contributed by atoms with Gasteiger partial charge in [0.1, 0.15) is 5.69 Å². The van der Waals surface area contributed by atoms with Crippen LogP contribution in [-0.2, 0) is 0 Å². The topological polar surface area (TPSA) is 74.3 Å². The number of hydrogen-bond acceptors (Lipinski definition) is 4. The molecule has 2 rings (SSSR count). The van der Waals surface area contributed by atoms with E-state index in [1.54, 1.807) is 12.1 Å². The average molecular weight is 389 g/mol. The first-order valence-corrected chi connectivity index (χ1v) is 9.13. The maximum absolute atomic E-state index is 12.5. The molecule has 0 radical (unpaired) electrons. The number of carbonyl (C=O) groups excluding carboxylic acids is 2. The predicted molar refractivity (Wildman–Crippen MR) is 109 cm³/mol. The van der Waals surface area contributed by atoms with Gasteiger partial charge in [0.05, 0.1) is 10.7 Å². The van der Waals surface area contributed by atoms with Crippen molar-refractivity contribution in [1.82, 2.24) is 15.2 Å². The van der Waals surface area contributed by atoms with Crippen LogP contribution >= 0.6 is 11.6 Å². The monoisotopic (exact) mass is 388 g/mol. The van der Waals surface area contributed by atoms with Gasteiger partial charge in [-0.3, -0.25) is 14.6 Å². The summed E-state index contributed by atoms with van der Waals surface area (Å²) in [5, 5.41) is 6.10. The highest BCUT2D eigenvalue weighted by atomic mass is 35.5. The summed E-state index contributed by atoms with van der Waals surface area (Å²) in [6.45, 7) is 5.27. The predicted octanol–water partition coefficient (Wildman–Crippen LogP) is 3.29. The normalized spacial score (nSPS) is 10.7. The Morgan fingerprint density at radius 1 is 1.15 bits per heavy atom. The smallest absolute Gasteiger partial charge is 0.274 e. The summed E-state index contributed by atoms with van der Waals surface area (Å²) in [4.78, 5) is 30.9. The number of carbonyl (C=O) groups is 2. The fourth-order valence-electron chi connectivity index (χ4n) is 2.65. The van der Waals surface area contributed by atoms with E-state index in [2.05, 4.69) is 20.5 Å². The van der Waals surface area contributed by atoms with Crippen molar-refractivity contribution in [2.75, 3.05) is 32.5 Å². The van der Waals surface area contributed by atoms with Crippen molar-refractivity contribution in [3.8, 4) is 0 Å². The zero-order chi connectivity index (χ0) is 20.0. The maximum atomic E-state index is 12.5. The Morgan fingerprint density at radius 3 is 2.56 bits per heavy atom. The molecule has 0 saturated carbocycles. The van der Waals surface area contributed by atoms with Gasteiger partial charge >= 0.3 is 0 Å². The molecule has 0 aliphatic rings. The second-order valence-corrected chi connectivity index (χ2v) is 7.14. The van der Waals surface area contributed by atoms with Crippen LogP contribution in [0.2, 0.25) is 5.02 Å². The maximum Gasteiger partial charge on any atom is 0.274 e. The van der Waals surface area contributed by atoms with E-state index < -0.39 is 5.91 Å². The van der Waals surface area contributed by atoms with Crippen LogP contribution in [0, 0.1) is 13.8 Å². The van der Waals surface area contributed by atoms with E-state index in [9.17, 15) is 9.59 Å². The second-order valence-electron chi connectivity index (χ2n) is 6.74. The molecule has 0 aliphatic carbocycles. The molecule has 27 heavy (non-hydrogen) atoms. The quantitative estimate of drug-likeness (QED) is 0.714. The second kappa shape index (κ2) is 9.48. The molecule has 1 aromatic heterocycles. The van der Waals surface area contributed by atoms with Crippen LogP contribution < -0.4 is 10.6 Å². The van der Waals surface area contributed by atoms with E-state index in [1.807, 2.05) is 34.0 Å². The fraction of sp³-hybridized carbons (Fsp3) is 0.350. The molecule has 0 atom stereocenters. The molecule has 0 fully saturated rings. The van der Waals surface area contributed by atoms with Gasteiger partial charge in [-0.1, -0.05) is 17.7 Å². The Labute approximate surface area is 164 Å². The Morgan fingerprint density at radius 2 is 1.89 bits per heavy atom. The molecular weight excluding hydrogens is 364 g/mol. The van der Waals surface area contributed by atoms with Gasteiger partial charge in [-0.2, -0.15) is 0 Å².